The zero-order chi connectivity index (χ0) is 13.5. The van der Waals surface area contributed by atoms with Crippen molar-refractivity contribution in [2.45, 2.75) is 77.7 Å². The summed E-state index contributed by atoms with van der Waals surface area (Å²) in [7, 11) is 2.22. The molecule has 1 nitrogen and oxygen atoms in total. The maximum absolute atomic E-state index is 3.75. The van der Waals surface area contributed by atoms with Gasteiger partial charge in [-0.2, -0.15) is 0 Å². The van der Waals surface area contributed by atoms with Crippen LogP contribution in [0.3, 0.4) is 0 Å². The van der Waals surface area contributed by atoms with E-state index in [0.29, 0.717) is 5.41 Å². The van der Waals surface area contributed by atoms with Gasteiger partial charge in [0.05, 0.1) is 0 Å². The Labute approximate surface area is 119 Å². The van der Waals surface area contributed by atoms with E-state index in [0.717, 1.165) is 29.7 Å². The molecule has 4 bridgehead atoms. The van der Waals surface area contributed by atoms with E-state index in [2.05, 4.69) is 26.2 Å². The summed E-state index contributed by atoms with van der Waals surface area (Å²) in [6.45, 7) is 4.80. The molecule has 1 N–H and O–H groups in total. The van der Waals surface area contributed by atoms with E-state index in [1.807, 2.05) is 0 Å². The van der Waals surface area contributed by atoms with E-state index in [4.69, 9.17) is 0 Å². The van der Waals surface area contributed by atoms with E-state index in [-0.39, 0.29) is 0 Å². The van der Waals surface area contributed by atoms with Gasteiger partial charge < -0.3 is 5.32 Å². The molecular weight excluding hydrogens is 230 g/mol. The minimum atomic E-state index is 0.686. The second kappa shape index (κ2) is 5.39. The lowest BCUT2D eigenvalue weighted by Crippen LogP contribution is -2.55. The van der Waals surface area contributed by atoms with Crippen molar-refractivity contribution < 1.29 is 0 Å². The molecule has 2 unspecified atom stereocenters. The molecule has 19 heavy (non-hydrogen) atoms. The first-order valence-electron chi connectivity index (χ1n) is 8.82. The molecule has 0 radical (unpaired) electrons. The van der Waals surface area contributed by atoms with Crippen LogP contribution in [0.15, 0.2) is 0 Å². The fourth-order valence-corrected chi connectivity index (χ4v) is 6.29. The van der Waals surface area contributed by atoms with Crippen molar-refractivity contribution in [2.24, 2.45) is 29.1 Å². The molecular formula is C18H33N. The van der Waals surface area contributed by atoms with Gasteiger partial charge in [-0.05, 0) is 81.1 Å². The molecule has 0 saturated heterocycles. The van der Waals surface area contributed by atoms with Crippen LogP contribution in [0.2, 0.25) is 0 Å². The topological polar surface area (TPSA) is 12.0 Å². The van der Waals surface area contributed by atoms with Gasteiger partial charge in [0.15, 0.2) is 0 Å². The molecule has 0 spiro atoms. The molecule has 4 aliphatic rings. The van der Waals surface area contributed by atoms with Crippen LogP contribution in [0.25, 0.3) is 0 Å². The Morgan fingerprint density at radius 3 is 2.00 bits per heavy atom. The smallest absolute Gasteiger partial charge is 0.0123 e. The molecule has 1 heteroatoms. The SMILES string of the molecule is CCCC(C)CC(NC)C12CC3CC(CC(C3)C1)C2. The van der Waals surface area contributed by atoms with Crippen LogP contribution in [-0.2, 0) is 0 Å². The Balaban J connectivity index is 1.71. The van der Waals surface area contributed by atoms with E-state index < -0.39 is 0 Å². The fraction of sp³-hybridized carbons (Fsp3) is 1.00. The standard InChI is InChI=1S/C18H33N/c1-4-5-13(2)6-17(19-3)18-10-14-7-15(11-18)9-16(8-14)12-18/h13-17,19H,4-12H2,1-3H3. The van der Waals surface area contributed by atoms with Crippen LogP contribution in [-0.4, -0.2) is 13.1 Å². The first-order chi connectivity index (χ1) is 9.15. The lowest BCUT2D eigenvalue weighted by Gasteiger charge is -2.60. The van der Waals surface area contributed by atoms with Crippen molar-refractivity contribution in [2.75, 3.05) is 7.05 Å². The van der Waals surface area contributed by atoms with Crippen molar-refractivity contribution in [1.29, 1.82) is 0 Å². The van der Waals surface area contributed by atoms with Crippen LogP contribution in [0.5, 0.6) is 0 Å². The van der Waals surface area contributed by atoms with Gasteiger partial charge in [-0.1, -0.05) is 26.7 Å². The molecule has 4 fully saturated rings. The normalized spacial score (nSPS) is 43.4. The quantitative estimate of drug-likeness (QED) is 0.737. The number of rotatable bonds is 6. The lowest BCUT2D eigenvalue weighted by atomic mass is 9.47. The van der Waals surface area contributed by atoms with Crippen molar-refractivity contribution in [3.63, 3.8) is 0 Å². The lowest BCUT2D eigenvalue weighted by molar-refractivity contribution is -0.0762. The number of nitrogens with one attached hydrogen (secondary N) is 1. The summed E-state index contributed by atoms with van der Waals surface area (Å²) in [5.41, 5.74) is 0.686. The van der Waals surface area contributed by atoms with E-state index >= 15 is 0 Å². The van der Waals surface area contributed by atoms with Gasteiger partial charge in [0.2, 0.25) is 0 Å². The number of hydrogen-bond acceptors (Lipinski definition) is 1. The van der Waals surface area contributed by atoms with Gasteiger partial charge in [0, 0.05) is 6.04 Å². The molecule has 0 aromatic heterocycles. The summed E-state index contributed by atoms with van der Waals surface area (Å²) in [6.07, 6.45) is 13.5. The van der Waals surface area contributed by atoms with Crippen LogP contribution < -0.4 is 5.32 Å². The van der Waals surface area contributed by atoms with Gasteiger partial charge in [-0.3, -0.25) is 0 Å². The summed E-state index contributed by atoms with van der Waals surface area (Å²) >= 11 is 0. The highest BCUT2D eigenvalue weighted by Crippen LogP contribution is 2.61. The van der Waals surface area contributed by atoms with Gasteiger partial charge in [0.25, 0.3) is 0 Å². The Kier molecular flexibility index (Phi) is 3.95. The Morgan fingerprint density at radius 2 is 1.58 bits per heavy atom. The number of hydrogen-bond donors (Lipinski definition) is 1. The molecule has 4 saturated carbocycles. The Hall–Kier alpha value is -0.0400. The monoisotopic (exact) mass is 263 g/mol. The zero-order valence-corrected chi connectivity index (χ0v) is 13.3. The van der Waals surface area contributed by atoms with Gasteiger partial charge in [-0.15, -0.1) is 0 Å². The Bertz CT molecular complexity index is 274. The predicted molar refractivity (Wildman–Crippen MR) is 82.1 cm³/mol. The molecule has 0 heterocycles. The van der Waals surface area contributed by atoms with Crippen molar-refractivity contribution >= 4 is 0 Å². The minimum Gasteiger partial charge on any atom is -0.316 e. The molecule has 0 aromatic carbocycles. The molecule has 0 aromatic rings. The van der Waals surface area contributed by atoms with Gasteiger partial charge in [-0.25, -0.2) is 0 Å². The molecule has 110 valence electrons. The second-order valence-corrected chi connectivity index (χ2v) is 8.25. The van der Waals surface area contributed by atoms with Crippen LogP contribution in [0.1, 0.15) is 71.6 Å². The second-order valence-electron chi connectivity index (χ2n) is 8.25. The van der Waals surface area contributed by atoms with E-state index in [1.54, 1.807) is 38.5 Å². The third-order valence-electron chi connectivity index (χ3n) is 6.59. The zero-order valence-electron chi connectivity index (χ0n) is 13.3. The molecule has 2 atom stereocenters. The average Bonchev–Trinajstić information content (AvgIpc) is 2.34. The Morgan fingerprint density at radius 1 is 1.05 bits per heavy atom. The summed E-state index contributed by atoms with van der Waals surface area (Å²) in [5.74, 6) is 4.16. The highest BCUT2D eigenvalue weighted by atomic mass is 14.9. The van der Waals surface area contributed by atoms with Gasteiger partial charge in [0.1, 0.15) is 0 Å². The molecule has 0 amide bonds. The maximum Gasteiger partial charge on any atom is 0.0123 e. The first-order valence-corrected chi connectivity index (χ1v) is 8.82. The maximum atomic E-state index is 3.75. The molecule has 4 aliphatic carbocycles. The molecule has 0 aliphatic heterocycles. The summed E-state index contributed by atoms with van der Waals surface area (Å²) in [6, 6.07) is 0.794. The highest BCUT2D eigenvalue weighted by Gasteiger charge is 2.53. The molecule has 4 rings (SSSR count). The summed E-state index contributed by atoms with van der Waals surface area (Å²) < 4.78 is 0. The van der Waals surface area contributed by atoms with Crippen LogP contribution >= 0.6 is 0 Å². The predicted octanol–water partition coefficient (Wildman–Crippen LogP) is 4.62. The summed E-state index contributed by atoms with van der Waals surface area (Å²) in [4.78, 5) is 0. The van der Waals surface area contributed by atoms with Crippen molar-refractivity contribution in [1.82, 2.24) is 5.32 Å². The van der Waals surface area contributed by atoms with E-state index in [1.165, 1.54) is 19.3 Å². The highest BCUT2D eigenvalue weighted by molar-refractivity contribution is 5.06. The van der Waals surface area contributed by atoms with Crippen LogP contribution in [0, 0.1) is 29.1 Å². The van der Waals surface area contributed by atoms with E-state index in [9.17, 15) is 0 Å². The third kappa shape index (κ3) is 2.60. The third-order valence-corrected chi connectivity index (χ3v) is 6.59. The van der Waals surface area contributed by atoms with Crippen LogP contribution in [0.4, 0.5) is 0 Å². The van der Waals surface area contributed by atoms with Gasteiger partial charge >= 0.3 is 0 Å². The van der Waals surface area contributed by atoms with Crippen molar-refractivity contribution in [3.05, 3.63) is 0 Å². The minimum absolute atomic E-state index is 0.686. The summed E-state index contributed by atoms with van der Waals surface area (Å²) in [5, 5.41) is 3.75. The largest absolute Gasteiger partial charge is 0.316 e. The first kappa shape index (κ1) is 13.9. The van der Waals surface area contributed by atoms with Crippen molar-refractivity contribution in [3.8, 4) is 0 Å². The fourth-order valence-electron chi connectivity index (χ4n) is 6.29. The average molecular weight is 263 g/mol.